The number of aliphatic hydroxyl groups is 3. The largest absolute Gasteiger partial charge is 0.393 e. The molecular weight excluding hydrogens is 164 g/mol. The molecule has 0 aliphatic carbocycles. The van der Waals surface area contributed by atoms with Gasteiger partial charge in [-0.15, -0.1) is 0 Å². The van der Waals surface area contributed by atoms with Gasteiger partial charge in [0.25, 0.3) is 0 Å². The lowest BCUT2D eigenvalue weighted by atomic mass is 9.97. The molecule has 0 heterocycles. The third-order valence-corrected chi connectivity index (χ3v) is 1.45. The predicted octanol–water partition coefficient (Wildman–Crippen LogP) is -1.75. The van der Waals surface area contributed by atoms with Crippen LogP contribution in [0.25, 0.3) is 0 Å². The van der Waals surface area contributed by atoms with Gasteiger partial charge in [-0.25, -0.2) is 0 Å². The number of carbonyl (C=O) groups excluding carboxylic acids is 2. The lowest BCUT2D eigenvalue weighted by Gasteiger charge is -2.20. The molecule has 5 heteroatoms. The Bertz CT molecular complexity index is 182. The molecule has 0 unspecified atom stereocenters. The van der Waals surface area contributed by atoms with Crippen LogP contribution < -0.4 is 0 Å². The fourth-order valence-corrected chi connectivity index (χ4v) is 0.617. The van der Waals surface area contributed by atoms with E-state index >= 15 is 0 Å². The molecule has 3 N–H and O–H groups in total. The molecule has 0 amide bonds. The molecule has 70 valence electrons. The average molecular weight is 176 g/mol. The number of ketones is 2. The molecule has 0 rings (SSSR count). The van der Waals surface area contributed by atoms with E-state index in [1.807, 2.05) is 0 Å². The quantitative estimate of drug-likeness (QED) is 0.432. The van der Waals surface area contributed by atoms with Crippen LogP contribution in [0.1, 0.15) is 13.3 Å². The summed E-state index contributed by atoms with van der Waals surface area (Å²) in [6.45, 7) is -0.571. The van der Waals surface area contributed by atoms with Gasteiger partial charge in [-0.05, 0) is 6.92 Å². The minimum absolute atomic E-state index is 0.416. The van der Waals surface area contributed by atoms with E-state index in [4.69, 9.17) is 15.3 Å². The second kappa shape index (κ2) is 4.30. The number of Topliss-reactive ketones (excluding diaryl/α,β-unsaturated/α-hetero) is 2. The fraction of sp³-hybridized carbons (Fsp3) is 0.714. The first-order valence-corrected chi connectivity index (χ1v) is 3.43. The van der Waals surface area contributed by atoms with Crippen molar-refractivity contribution >= 4 is 11.6 Å². The van der Waals surface area contributed by atoms with Gasteiger partial charge in [0, 0.05) is 0 Å². The first kappa shape index (κ1) is 11.2. The summed E-state index contributed by atoms with van der Waals surface area (Å²) in [5.74, 6) is -1.28. The summed E-state index contributed by atoms with van der Waals surface area (Å²) in [5, 5.41) is 26.2. The molecule has 0 aromatic carbocycles. The van der Waals surface area contributed by atoms with Crippen molar-refractivity contribution in [2.45, 2.75) is 18.9 Å². The second-order valence-corrected chi connectivity index (χ2v) is 2.65. The highest BCUT2D eigenvalue weighted by Gasteiger charge is 2.34. The van der Waals surface area contributed by atoms with Gasteiger partial charge in [-0.3, -0.25) is 9.59 Å². The summed E-state index contributed by atoms with van der Waals surface area (Å²) >= 11 is 0. The smallest absolute Gasteiger partial charge is 0.176 e. The third kappa shape index (κ3) is 2.69. The second-order valence-electron chi connectivity index (χ2n) is 2.65. The van der Waals surface area contributed by atoms with Crippen LogP contribution in [0.4, 0.5) is 0 Å². The molecular formula is C7H12O5. The van der Waals surface area contributed by atoms with E-state index in [1.54, 1.807) is 0 Å². The predicted molar refractivity (Wildman–Crippen MR) is 39.4 cm³/mol. The van der Waals surface area contributed by atoms with Gasteiger partial charge in [0.15, 0.2) is 11.4 Å². The maximum absolute atomic E-state index is 10.9. The van der Waals surface area contributed by atoms with Crippen LogP contribution in [0.15, 0.2) is 0 Å². The maximum Gasteiger partial charge on any atom is 0.176 e. The minimum Gasteiger partial charge on any atom is -0.393 e. The Morgan fingerprint density at radius 2 is 1.67 bits per heavy atom. The summed E-state index contributed by atoms with van der Waals surface area (Å²) in [6.07, 6.45) is -0.475. The molecule has 0 bridgehead atoms. The first-order valence-electron chi connectivity index (χ1n) is 3.43. The van der Waals surface area contributed by atoms with Crippen molar-refractivity contribution in [3.05, 3.63) is 0 Å². The Morgan fingerprint density at radius 3 is 1.92 bits per heavy atom. The zero-order valence-electron chi connectivity index (χ0n) is 6.78. The maximum atomic E-state index is 10.9. The average Bonchev–Trinajstić information content (AvgIpc) is 2.02. The molecule has 0 saturated heterocycles. The molecule has 0 spiro atoms. The van der Waals surface area contributed by atoms with Crippen molar-refractivity contribution in [1.82, 2.24) is 0 Å². The zero-order chi connectivity index (χ0) is 9.78. The highest BCUT2D eigenvalue weighted by atomic mass is 16.4. The minimum atomic E-state index is -2.17. The zero-order valence-corrected chi connectivity index (χ0v) is 6.78. The highest BCUT2D eigenvalue weighted by molar-refractivity contribution is 6.02. The molecule has 0 saturated carbocycles. The molecule has 0 radical (unpaired) electrons. The third-order valence-electron chi connectivity index (χ3n) is 1.45. The van der Waals surface area contributed by atoms with E-state index in [2.05, 4.69) is 0 Å². The Hall–Kier alpha value is -0.780. The molecule has 12 heavy (non-hydrogen) atoms. The van der Waals surface area contributed by atoms with Crippen LogP contribution in [0.3, 0.4) is 0 Å². The van der Waals surface area contributed by atoms with Crippen LogP contribution in [-0.4, -0.2) is 45.7 Å². The Balaban J connectivity index is 4.32. The van der Waals surface area contributed by atoms with E-state index in [0.717, 1.165) is 0 Å². The molecule has 0 aromatic rings. The topological polar surface area (TPSA) is 94.8 Å². The Kier molecular flexibility index (Phi) is 4.02. The van der Waals surface area contributed by atoms with Crippen LogP contribution in [0.2, 0.25) is 0 Å². The highest BCUT2D eigenvalue weighted by Crippen LogP contribution is 2.06. The molecule has 0 aromatic heterocycles. The van der Waals surface area contributed by atoms with E-state index < -0.39 is 36.8 Å². The normalized spacial score (nSPS) is 11.3. The molecule has 0 atom stereocenters. The summed E-state index contributed by atoms with van der Waals surface area (Å²) in [4.78, 5) is 21.4. The van der Waals surface area contributed by atoms with Crippen LogP contribution >= 0.6 is 0 Å². The number of hydrogen-bond acceptors (Lipinski definition) is 5. The van der Waals surface area contributed by atoms with Gasteiger partial charge in [0.2, 0.25) is 0 Å². The van der Waals surface area contributed by atoms with Gasteiger partial charge < -0.3 is 15.3 Å². The van der Waals surface area contributed by atoms with Crippen LogP contribution in [0.5, 0.6) is 0 Å². The van der Waals surface area contributed by atoms with Crippen molar-refractivity contribution in [2.24, 2.45) is 0 Å². The fourth-order valence-electron chi connectivity index (χ4n) is 0.617. The standard InChI is InChI=1S/C7H12O5/c1-5(10)2-6(11)7(12,3-8)4-9/h8-9,12H,2-4H2,1H3. The molecule has 0 aliphatic rings. The Morgan fingerprint density at radius 1 is 1.25 bits per heavy atom. The lowest BCUT2D eigenvalue weighted by Crippen LogP contribution is -2.46. The summed E-state index contributed by atoms with van der Waals surface area (Å²) in [5.41, 5.74) is -2.17. The van der Waals surface area contributed by atoms with Crippen molar-refractivity contribution in [1.29, 1.82) is 0 Å². The van der Waals surface area contributed by atoms with E-state index in [-0.39, 0.29) is 0 Å². The number of aliphatic hydroxyl groups excluding tert-OH is 2. The first-order chi connectivity index (χ1) is 5.46. The van der Waals surface area contributed by atoms with Crippen molar-refractivity contribution < 1.29 is 24.9 Å². The SMILES string of the molecule is CC(=O)CC(=O)C(O)(CO)CO. The lowest BCUT2D eigenvalue weighted by molar-refractivity contribution is -0.148. The van der Waals surface area contributed by atoms with Gasteiger partial charge in [0.1, 0.15) is 5.78 Å². The van der Waals surface area contributed by atoms with Crippen molar-refractivity contribution in [3.63, 3.8) is 0 Å². The molecule has 0 aliphatic heterocycles. The van der Waals surface area contributed by atoms with E-state index in [1.165, 1.54) is 6.92 Å². The molecule has 5 nitrogen and oxygen atoms in total. The van der Waals surface area contributed by atoms with Gasteiger partial charge in [0.05, 0.1) is 19.6 Å². The van der Waals surface area contributed by atoms with Gasteiger partial charge in [-0.1, -0.05) is 0 Å². The summed E-state index contributed by atoms with van der Waals surface area (Å²) in [6, 6.07) is 0. The summed E-state index contributed by atoms with van der Waals surface area (Å²) in [7, 11) is 0. The number of carbonyl (C=O) groups is 2. The van der Waals surface area contributed by atoms with Crippen LogP contribution in [0, 0.1) is 0 Å². The number of hydrogen-bond donors (Lipinski definition) is 3. The van der Waals surface area contributed by atoms with Crippen molar-refractivity contribution in [3.8, 4) is 0 Å². The van der Waals surface area contributed by atoms with Crippen LogP contribution in [-0.2, 0) is 9.59 Å². The van der Waals surface area contributed by atoms with Gasteiger partial charge >= 0.3 is 0 Å². The molecule has 0 fully saturated rings. The Labute approximate surface area is 69.6 Å². The van der Waals surface area contributed by atoms with E-state index in [0.29, 0.717) is 0 Å². The number of rotatable bonds is 5. The monoisotopic (exact) mass is 176 g/mol. The van der Waals surface area contributed by atoms with Crippen molar-refractivity contribution in [2.75, 3.05) is 13.2 Å². The summed E-state index contributed by atoms with van der Waals surface area (Å²) < 4.78 is 0. The van der Waals surface area contributed by atoms with Gasteiger partial charge in [-0.2, -0.15) is 0 Å². The van der Waals surface area contributed by atoms with E-state index in [9.17, 15) is 9.59 Å².